The van der Waals surface area contributed by atoms with Crippen LogP contribution in [-0.4, -0.2) is 122 Å². The first-order chi connectivity index (χ1) is 24.1. The van der Waals surface area contributed by atoms with E-state index in [1.165, 1.54) is 38.5 Å². The Morgan fingerprint density at radius 3 is 2.45 bits per heavy atom. The molecule has 3 heterocycles. The number of ether oxygens (including phenoxy) is 3. The lowest BCUT2D eigenvalue weighted by Crippen LogP contribution is -2.53. The van der Waals surface area contributed by atoms with Gasteiger partial charge in [0, 0.05) is 50.5 Å². The summed E-state index contributed by atoms with van der Waals surface area (Å²) in [5, 5.41) is 43.4. The lowest BCUT2D eigenvalue weighted by molar-refractivity contribution is -0.151. The van der Waals surface area contributed by atoms with Crippen LogP contribution in [0.1, 0.15) is 112 Å². The van der Waals surface area contributed by atoms with Gasteiger partial charge in [-0.3, -0.25) is 9.69 Å². The highest BCUT2D eigenvalue weighted by atomic mass is 16.6. The predicted octanol–water partition coefficient (Wildman–Crippen LogP) is 5.05. The number of cyclic esters (lactones) is 1. The number of carbonyl (C=O) groups excluding carboxylic acids is 2. The minimum Gasteiger partial charge on any atom is -0.457 e. The SMILES string of the molecule is CC[C@H](O)[C@@H](C)C1OC1C[C@@](C)(O)/C=C/C=C(\C)[C@H]1OC(=O)CC(O)CC[C@@](C)(O)[C@@H](OC(=O)N2CCN(C3CCCCCC3)CC2)/C=C/C1C. The molecule has 3 fully saturated rings. The molecule has 4 rings (SSSR count). The van der Waals surface area contributed by atoms with Gasteiger partial charge in [0.15, 0.2) is 6.10 Å². The number of esters is 1. The van der Waals surface area contributed by atoms with Gasteiger partial charge in [0.1, 0.15) is 11.7 Å². The Kier molecular flexibility index (Phi) is 15.2. The normalized spacial score (nSPS) is 35.5. The predicted molar refractivity (Wildman–Crippen MR) is 196 cm³/mol. The van der Waals surface area contributed by atoms with Crippen molar-refractivity contribution < 1.29 is 44.2 Å². The van der Waals surface area contributed by atoms with Crippen molar-refractivity contribution >= 4 is 12.1 Å². The number of hydrogen-bond donors (Lipinski definition) is 4. The van der Waals surface area contributed by atoms with Crippen LogP contribution in [-0.2, 0) is 19.0 Å². The highest BCUT2D eigenvalue weighted by Gasteiger charge is 2.47. The van der Waals surface area contributed by atoms with Gasteiger partial charge in [0.05, 0.1) is 36.4 Å². The van der Waals surface area contributed by atoms with Gasteiger partial charge in [-0.05, 0) is 64.5 Å². The minimum atomic E-state index is -1.48. The Morgan fingerprint density at radius 1 is 1.14 bits per heavy atom. The minimum absolute atomic E-state index is 0.0102. The fraction of sp³-hybridized carbons (Fsp3) is 0.800. The van der Waals surface area contributed by atoms with Gasteiger partial charge < -0.3 is 39.5 Å². The fourth-order valence-electron chi connectivity index (χ4n) is 7.88. The van der Waals surface area contributed by atoms with Crippen LogP contribution < -0.4 is 0 Å². The number of hydrogen-bond acceptors (Lipinski definition) is 10. The summed E-state index contributed by atoms with van der Waals surface area (Å²) >= 11 is 0. The van der Waals surface area contributed by atoms with Crippen LogP contribution in [0.25, 0.3) is 0 Å². The molecule has 0 aromatic heterocycles. The molecule has 1 amide bonds. The van der Waals surface area contributed by atoms with E-state index < -0.39 is 47.7 Å². The Morgan fingerprint density at radius 2 is 1.80 bits per heavy atom. The first-order valence-corrected chi connectivity index (χ1v) is 19.5. The van der Waals surface area contributed by atoms with Crippen LogP contribution in [0.3, 0.4) is 0 Å². The summed E-state index contributed by atoms with van der Waals surface area (Å²) < 4.78 is 17.7. The molecule has 0 bridgehead atoms. The number of aliphatic hydroxyl groups excluding tert-OH is 2. The zero-order valence-electron chi connectivity index (χ0n) is 31.9. The molecule has 4 aliphatic rings. The van der Waals surface area contributed by atoms with Crippen LogP contribution in [0, 0.1) is 11.8 Å². The van der Waals surface area contributed by atoms with Crippen LogP contribution in [0.15, 0.2) is 36.0 Å². The average Bonchev–Trinajstić information content (AvgIpc) is 3.89. The van der Waals surface area contributed by atoms with Crippen LogP contribution >= 0.6 is 0 Å². The second-order valence-corrected chi connectivity index (χ2v) is 16.2. The molecule has 11 heteroatoms. The Bertz CT molecular complexity index is 1220. The van der Waals surface area contributed by atoms with Crippen molar-refractivity contribution in [1.29, 1.82) is 0 Å². The maximum Gasteiger partial charge on any atom is 0.410 e. The zero-order chi connectivity index (χ0) is 37.3. The van der Waals surface area contributed by atoms with Gasteiger partial charge in [-0.1, -0.05) is 70.8 Å². The second-order valence-electron chi connectivity index (χ2n) is 16.2. The van der Waals surface area contributed by atoms with E-state index in [-0.39, 0.29) is 43.3 Å². The molecule has 0 radical (unpaired) electrons. The maximum atomic E-state index is 13.5. The molecule has 3 aliphatic heterocycles. The number of piperazine rings is 1. The average molecular weight is 719 g/mol. The van der Waals surface area contributed by atoms with Crippen molar-refractivity contribution in [3.8, 4) is 0 Å². The van der Waals surface area contributed by atoms with Gasteiger partial charge in [-0.2, -0.15) is 0 Å². The fourth-order valence-corrected chi connectivity index (χ4v) is 7.88. The second kappa shape index (κ2) is 18.7. The van der Waals surface area contributed by atoms with E-state index in [1.807, 2.05) is 27.7 Å². The topological polar surface area (TPSA) is 153 Å². The van der Waals surface area contributed by atoms with Gasteiger partial charge in [-0.15, -0.1) is 0 Å². The van der Waals surface area contributed by atoms with Crippen LogP contribution in [0.2, 0.25) is 0 Å². The highest BCUT2D eigenvalue weighted by molar-refractivity contribution is 5.70. The largest absolute Gasteiger partial charge is 0.457 e. The molecular formula is C40H66N2O9. The van der Waals surface area contributed by atoms with E-state index in [4.69, 9.17) is 14.2 Å². The summed E-state index contributed by atoms with van der Waals surface area (Å²) in [5.41, 5.74) is -1.92. The third-order valence-electron chi connectivity index (χ3n) is 11.5. The van der Waals surface area contributed by atoms with Crippen molar-refractivity contribution in [2.45, 2.75) is 166 Å². The monoisotopic (exact) mass is 718 g/mol. The number of allylic oxidation sites excluding steroid dienone is 2. The van der Waals surface area contributed by atoms with Crippen LogP contribution in [0.4, 0.5) is 4.79 Å². The number of amides is 1. The summed E-state index contributed by atoms with van der Waals surface area (Å²) in [5.74, 6) is -0.935. The molecule has 4 N–H and O–H groups in total. The third-order valence-corrected chi connectivity index (χ3v) is 11.5. The Hall–Kier alpha value is -2.28. The molecule has 0 spiro atoms. The maximum absolute atomic E-state index is 13.5. The molecule has 2 saturated heterocycles. The molecule has 1 aliphatic carbocycles. The van der Waals surface area contributed by atoms with Crippen molar-refractivity contribution in [2.75, 3.05) is 26.2 Å². The molecule has 51 heavy (non-hydrogen) atoms. The van der Waals surface area contributed by atoms with Crippen LogP contribution in [0.5, 0.6) is 0 Å². The molecular weight excluding hydrogens is 652 g/mol. The summed E-state index contributed by atoms with van der Waals surface area (Å²) in [7, 11) is 0. The van der Waals surface area contributed by atoms with Gasteiger partial charge >= 0.3 is 12.1 Å². The van der Waals surface area contributed by atoms with E-state index in [0.717, 1.165) is 13.1 Å². The smallest absolute Gasteiger partial charge is 0.410 e. The van der Waals surface area contributed by atoms with E-state index in [0.29, 0.717) is 37.5 Å². The molecule has 4 unspecified atom stereocenters. The summed E-state index contributed by atoms with van der Waals surface area (Å²) in [6.45, 7) is 13.7. The van der Waals surface area contributed by atoms with Crippen molar-refractivity contribution in [2.24, 2.45) is 11.8 Å². The number of carbonyl (C=O) groups is 2. The van der Waals surface area contributed by atoms with Gasteiger partial charge in [-0.25, -0.2) is 4.79 Å². The van der Waals surface area contributed by atoms with Crippen molar-refractivity contribution in [1.82, 2.24) is 9.80 Å². The number of nitrogens with zero attached hydrogens (tertiary/aromatic N) is 2. The van der Waals surface area contributed by atoms with E-state index in [2.05, 4.69) is 4.90 Å². The summed E-state index contributed by atoms with van der Waals surface area (Å²) in [6.07, 6.45) is 13.4. The number of aliphatic hydroxyl groups is 4. The van der Waals surface area contributed by atoms with Crippen molar-refractivity contribution in [3.05, 3.63) is 36.0 Å². The third kappa shape index (κ3) is 12.4. The zero-order valence-corrected chi connectivity index (χ0v) is 31.9. The first-order valence-electron chi connectivity index (χ1n) is 19.5. The Balaban J connectivity index is 1.42. The lowest BCUT2D eigenvalue weighted by atomic mass is 9.88. The van der Waals surface area contributed by atoms with Gasteiger partial charge in [0.2, 0.25) is 0 Å². The molecule has 11 nitrogen and oxygen atoms in total. The number of rotatable bonds is 10. The molecule has 0 aromatic rings. The lowest BCUT2D eigenvalue weighted by Gasteiger charge is -2.40. The standard InChI is InChI=1S/C40H66N2O9/c1-7-32(44)29(4)37-33(49-37)26-39(5,47)19-12-13-27(2)36-28(3)16-17-34(40(6,48)20-18-31(43)25-35(45)51-36)50-38(46)42-23-21-41(22-24-42)30-14-10-8-9-11-15-30/h12-13,16-17,19,28-34,36-37,43-44,47-48H,7-11,14-15,18,20-26H2,1-6H3/b17-16+,19-12+,27-13+/t28?,29-,31?,32+,33?,34+,36-,37?,39+,40-/m1/s1. The number of epoxide rings is 1. The van der Waals surface area contributed by atoms with Gasteiger partial charge in [0.25, 0.3) is 0 Å². The van der Waals surface area contributed by atoms with E-state index in [9.17, 15) is 30.0 Å². The summed E-state index contributed by atoms with van der Waals surface area (Å²) in [6, 6.07) is 0.581. The van der Waals surface area contributed by atoms with E-state index in [1.54, 1.807) is 49.1 Å². The molecule has 1 saturated carbocycles. The van der Waals surface area contributed by atoms with Crippen molar-refractivity contribution in [3.63, 3.8) is 0 Å². The molecule has 10 atom stereocenters. The van der Waals surface area contributed by atoms with E-state index >= 15 is 0 Å². The first kappa shape index (κ1) is 41.5. The quantitative estimate of drug-likeness (QED) is 0.0794. The molecule has 0 aromatic carbocycles. The summed E-state index contributed by atoms with van der Waals surface area (Å²) in [4.78, 5) is 30.6. The Labute approximate surface area is 305 Å². The highest BCUT2D eigenvalue weighted by Crippen LogP contribution is 2.37. The molecule has 290 valence electrons.